The largest absolute Gasteiger partial charge is 0.481 e. The smallest absolute Gasteiger partial charge is 0.307 e. The first-order valence-electron chi connectivity index (χ1n) is 6.25. The number of nitrogens with two attached hydrogens (primary N) is 1. The van der Waals surface area contributed by atoms with E-state index in [4.69, 9.17) is 10.8 Å². The molecule has 1 aromatic rings. The van der Waals surface area contributed by atoms with Gasteiger partial charge in [-0.1, -0.05) is 26.0 Å². The Hall–Kier alpha value is -1.49. The molecule has 1 aromatic carbocycles. The molecule has 3 nitrogen and oxygen atoms in total. The third-order valence-electron chi connectivity index (χ3n) is 3.62. The van der Waals surface area contributed by atoms with Gasteiger partial charge in [0.1, 0.15) is 0 Å². The molecule has 0 radical (unpaired) electrons. The number of carbonyl (C=O) groups is 1. The van der Waals surface area contributed by atoms with Crippen LogP contribution in [-0.2, 0) is 4.79 Å². The van der Waals surface area contributed by atoms with Gasteiger partial charge in [0.15, 0.2) is 11.6 Å². The Morgan fingerprint density at radius 1 is 1.37 bits per heavy atom. The van der Waals surface area contributed by atoms with Gasteiger partial charge in [0.05, 0.1) is 5.92 Å². The summed E-state index contributed by atoms with van der Waals surface area (Å²) in [5.74, 6) is -3.74. The molecule has 0 spiro atoms. The lowest BCUT2D eigenvalue weighted by atomic mass is 9.82. The Balaban J connectivity index is 2.84. The van der Waals surface area contributed by atoms with Gasteiger partial charge in [-0.25, -0.2) is 8.78 Å². The maximum atomic E-state index is 13.7. The molecule has 0 aliphatic rings. The lowest BCUT2D eigenvalue weighted by Crippen LogP contribution is -2.26. The van der Waals surface area contributed by atoms with Crippen LogP contribution >= 0.6 is 0 Å². The van der Waals surface area contributed by atoms with E-state index in [1.807, 2.05) is 6.92 Å². The van der Waals surface area contributed by atoms with Gasteiger partial charge in [0.2, 0.25) is 0 Å². The van der Waals surface area contributed by atoms with Crippen LogP contribution in [0.1, 0.15) is 31.7 Å². The highest BCUT2D eigenvalue weighted by molar-refractivity contribution is 5.70. The molecule has 0 aromatic heterocycles. The lowest BCUT2D eigenvalue weighted by Gasteiger charge is -2.23. The lowest BCUT2D eigenvalue weighted by molar-refractivity contribution is -0.142. The van der Waals surface area contributed by atoms with Crippen molar-refractivity contribution < 1.29 is 18.7 Å². The third-order valence-corrected chi connectivity index (χ3v) is 3.62. The molecule has 0 amide bonds. The molecule has 106 valence electrons. The highest BCUT2D eigenvalue weighted by Gasteiger charge is 2.25. The predicted octanol–water partition coefficient (Wildman–Crippen LogP) is 2.75. The summed E-state index contributed by atoms with van der Waals surface area (Å²) < 4.78 is 26.8. The van der Waals surface area contributed by atoms with Crippen LogP contribution in [0.25, 0.3) is 0 Å². The van der Waals surface area contributed by atoms with Crippen LogP contribution in [0.2, 0.25) is 0 Å². The van der Waals surface area contributed by atoms with E-state index < -0.39 is 23.5 Å². The SMILES string of the molecule is CC(CC(CN)C(=O)O)C(C)c1cccc(F)c1F. The molecule has 3 unspecified atom stereocenters. The fraction of sp³-hybridized carbons (Fsp3) is 0.500. The maximum absolute atomic E-state index is 13.7. The van der Waals surface area contributed by atoms with E-state index in [1.165, 1.54) is 12.1 Å². The quantitative estimate of drug-likeness (QED) is 0.836. The zero-order valence-electron chi connectivity index (χ0n) is 11.1. The molecule has 0 saturated heterocycles. The standard InChI is InChI=1S/C14H19F2NO2/c1-8(6-10(7-17)14(18)19)9(2)11-4-3-5-12(15)13(11)16/h3-5,8-10H,6-7,17H2,1-2H3,(H,18,19). The molecule has 0 aliphatic carbocycles. The number of aliphatic carboxylic acids is 1. The average molecular weight is 271 g/mol. The zero-order valence-corrected chi connectivity index (χ0v) is 11.1. The second-order valence-corrected chi connectivity index (χ2v) is 4.92. The Labute approximate surface area is 111 Å². The van der Waals surface area contributed by atoms with Crippen LogP contribution in [0.15, 0.2) is 18.2 Å². The summed E-state index contributed by atoms with van der Waals surface area (Å²) in [6.07, 6.45) is 0.336. The summed E-state index contributed by atoms with van der Waals surface area (Å²) in [7, 11) is 0. The number of carboxylic acid groups (broad SMARTS) is 1. The summed E-state index contributed by atoms with van der Waals surface area (Å²) in [5.41, 5.74) is 5.67. The normalized spacial score (nSPS) is 15.8. The van der Waals surface area contributed by atoms with Gasteiger partial charge in [-0.3, -0.25) is 4.79 Å². The molecule has 19 heavy (non-hydrogen) atoms. The summed E-state index contributed by atoms with van der Waals surface area (Å²) in [5, 5.41) is 8.96. The minimum Gasteiger partial charge on any atom is -0.481 e. The summed E-state index contributed by atoms with van der Waals surface area (Å²) in [4.78, 5) is 10.9. The molecule has 0 fully saturated rings. The molecule has 0 aliphatic heterocycles. The first-order chi connectivity index (χ1) is 8.88. The first kappa shape index (κ1) is 15.6. The van der Waals surface area contributed by atoms with Crippen molar-refractivity contribution in [2.45, 2.75) is 26.2 Å². The summed E-state index contributed by atoms with van der Waals surface area (Å²) in [6, 6.07) is 4.04. The molecule has 3 N–H and O–H groups in total. The Kier molecular flexibility index (Phi) is 5.42. The van der Waals surface area contributed by atoms with Crippen molar-refractivity contribution in [2.75, 3.05) is 6.54 Å². The van der Waals surface area contributed by atoms with Crippen LogP contribution in [0.4, 0.5) is 8.78 Å². The Bertz CT molecular complexity index is 451. The van der Waals surface area contributed by atoms with E-state index in [2.05, 4.69) is 0 Å². The molecule has 3 atom stereocenters. The molecule has 0 heterocycles. The van der Waals surface area contributed by atoms with Crippen molar-refractivity contribution in [3.05, 3.63) is 35.4 Å². The zero-order chi connectivity index (χ0) is 14.6. The second-order valence-electron chi connectivity index (χ2n) is 4.92. The molecule has 5 heteroatoms. The first-order valence-corrected chi connectivity index (χ1v) is 6.25. The minimum absolute atomic E-state index is 0.0397. The number of rotatable bonds is 6. The van der Waals surface area contributed by atoms with Gasteiger partial charge in [0, 0.05) is 6.54 Å². The molecular formula is C14H19F2NO2. The second kappa shape index (κ2) is 6.61. The van der Waals surface area contributed by atoms with Crippen LogP contribution < -0.4 is 5.73 Å². The molecular weight excluding hydrogens is 252 g/mol. The van der Waals surface area contributed by atoms with Gasteiger partial charge in [0.25, 0.3) is 0 Å². The van der Waals surface area contributed by atoms with Crippen LogP contribution in [0.3, 0.4) is 0 Å². The minimum atomic E-state index is -0.957. The predicted molar refractivity (Wildman–Crippen MR) is 68.7 cm³/mol. The number of carboxylic acids is 1. The number of halogens is 2. The Morgan fingerprint density at radius 2 is 2.00 bits per heavy atom. The third kappa shape index (κ3) is 3.73. The summed E-state index contributed by atoms with van der Waals surface area (Å²) >= 11 is 0. The van der Waals surface area contributed by atoms with Crippen LogP contribution in [0, 0.1) is 23.5 Å². The van der Waals surface area contributed by atoms with Crippen LogP contribution in [0.5, 0.6) is 0 Å². The number of hydrogen-bond donors (Lipinski definition) is 2. The molecule has 0 saturated carbocycles. The van der Waals surface area contributed by atoms with Gasteiger partial charge in [-0.15, -0.1) is 0 Å². The van der Waals surface area contributed by atoms with Crippen molar-refractivity contribution in [1.29, 1.82) is 0 Å². The highest BCUT2D eigenvalue weighted by atomic mass is 19.2. The van der Waals surface area contributed by atoms with Gasteiger partial charge in [-0.05, 0) is 29.9 Å². The van der Waals surface area contributed by atoms with Gasteiger partial charge >= 0.3 is 5.97 Å². The van der Waals surface area contributed by atoms with Crippen molar-refractivity contribution in [1.82, 2.24) is 0 Å². The highest BCUT2D eigenvalue weighted by Crippen LogP contribution is 2.31. The van der Waals surface area contributed by atoms with E-state index >= 15 is 0 Å². The van der Waals surface area contributed by atoms with E-state index in [0.717, 1.165) is 6.07 Å². The van der Waals surface area contributed by atoms with E-state index in [0.29, 0.717) is 6.42 Å². The van der Waals surface area contributed by atoms with E-state index in [9.17, 15) is 13.6 Å². The van der Waals surface area contributed by atoms with Crippen molar-refractivity contribution >= 4 is 5.97 Å². The topological polar surface area (TPSA) is 63.3 Å². The Morgan fingerprint density at radius 3 is 2.53 bits per heavy atom. The van der Waals surface area contributed by atoms with Crippen molar-refractivity contribution in [2.24, 2.45) is 17.6 Å². The summed E-state index contributed by atoms with van der Waals surface area (Å²) in [6.45, 7) is 3.62. The van der Waals surface area contributed by atoms with Gasteiger partial charge in [-0.2, -0.15) is 0 Å². The van der Waals surface area contributed by atoms with Gasteiger partial charge < -0.3 is 10.8 Å². The van der Waals surface area contributed by atoms with Crippen molar-refractivity contribution in [3.63, 3.8) is 0 Å². The fourth-order valence-electron chi connectivity index (χ4n) is 2.13. The number of hydrogen-bond acceptors (Lipinski definition) is 2. The monoisotopic (exact) mass is 271 g/mol. The number of benzene rings is 1. The van der Waals surface area contributed by atoms with Crippen molar-refractivity contribution in [3.8, 4) is 0 Å². The average Bonchev–Trinajstić information content (AvgIpc) is 2.37. The van der Waals surface area contributed by atoms with Crippen LogP contribution in [-0.4, -0.2) is 17.6 Å². The van der Waals surface area contributed by atoms with E-state index in [-0.39, 0.29) is 23.9 Å². The van der Waals surface area contributed by atoms with E-state index in [1.54, 1.807) is 6.92 Å². The maximum Gasteiger partial charge on any atom is 0.307 e. The fourth-order valence-corrected chi connectivity index (χ4v) is 2.13. The molecule has 1 rings (SSSR count). The molecule has 0 bridgehead atoms.